The molecule has 1 aromatic rings. The van der Waals surface area contributed by atoms with Gasteiger partial charge in [0.05, 0.1) is 5.75 Å². The van der Waals surface area contributed by atoms with Crippen LogP contribution in [0.25, 0.3) is 0 Å². The van der Waals surface area contributed by atoms with Crippen molar-refractivity contribution in [3.63, 3.8) is 0 Å². The molecule has 1 fully saturated rings. The minimum atomic E-state index is -0.0500. The lowest BCUT2D eigenvalue weighted by atomic mass is 10.5. The highest BCUT2D eigenvalue weighted by Gasteiger charge is 2.16. The zero-order valence-corrected chi connectivity index (χ0v) is 7.81. The van der Waals surface area contributed by atoms with Gasteiger partial charge in [-0.15, -0.1) is 0 Å². The summed E-state index contributed by atoms with van der Waals surface area (Å²) in [5, 5.41) is 9.29. The van der Waals surface area contributed by atoms with Gasteiger partial charge in [-0.1, -0.05) is 11.8 Å². The molecule has 0 atom stereocenters. The van der Waals surface area contributed by atoms with Crippen LogP contribution in [0.3, 0.4) is 0 Å². The van der Waals surface area contributed by atoms with Crippen LogP contribution in [-0.4, -0.2) is 27.0 Å². The normalized spacial score (nSPS) is 19.5. The van der Waals surface area contributed by atoms with E-state index in [1.54, 1.807) is 0 Å². The van der Waals surface area contributed by atoms with Gasteiger partial charge >= 0.3 is 0 Å². The fourth-order valence-electron chi connectivity index (χ4n) is 0.983. The summed E-state index contributed by atoms with van der Waals surface area (Å²) >= 11 is 1.21. The molecule has 0 radical (unpaired) electrons. The first-order valence-electron chi connectivity index (χ1n) is 3.77. The number of aliphatic imine (C=N–C) groups is 1. The van der Waals surface area contributed by atoms with Crippen molar-refractivity contribution < 1.29 is 4.79 Å². The fraction of sp³-hybridized carbons (Fsp3) is 0.286. The molecule has 1 aliphatic rings. The topological polar surface area (TPSA) is 70.1 Å². The van der Waals surface area contributed by atoms with Crippen LogP contribution in [0.15, 0.2) is 11.1 Å². The van der Waals surface area contributed by atoms with E-state index in [9.17, 15) is 4.79 Å². The molecule has 0 spiro atoms. The number of nitrogens with one attached hydrogen (secondary N) is 2. The number of carbonyl (C=O) groups excluding carboxylic acids is 1. The van der Waals surface area contributed by atoms with E-state index in [1.807, 2.05) is 13.0 Å². The van der Waals surface area contributed by atoms with Crippen molar-refractivity contribution in [2.75, 3.05) is 5.75 Å². The summed E-state index contributed by atoms with van der Waals surface area (Å²) in [6, 6.07) is 1.82. The molecule has 1 amide bonds. The summed E-state index contributed by atoms with van der Waals surface area (Å²) in [5.41, 5.74) is 0.955. The quantitative estimate of drug-likeness (QED) is 0.709. The van der Waals surface area contributed by atoms with Crippen molar-refractivity contribution in [2.45, 2.75) is 6.92 Å². The third-order valence-electron chi connectivity index (χ3n) is 1.53. The van der Waals surface area contributed by atoms with E-state index < -0.39 is 0 Å². The molecular formula is C7H8N4OS. The molecule has 1 aromatic heterocycles. The van der Waals surface area contributed by atoms with Crippen LogP contribution < -0.4 is 5.32 Å². The summed E-state index contributed by atoms with van der Waals surface area (Å²) in [4.78, 5) is 14.9. The first kappa shape index (κ1) is 8.31. The zero-order chi connectivity index (χ0) is 9.26. The lowest BCUT2D eigenvalue weighted by Gasteiger charge is -1.90. The Kier molecular flexibility index (Phi) is 2.05. The first-order chi connectivity index (χ1) is 6.24. The molecule has 1 saturated heterocycles. The number of H-pyrrole nitrogens is 1. The van der Waals surface area contributed by atoms with Crippen LogP contribution in [-0.2, 0) is 0 Å². The Hall–Kier alpha value is -1.30. The monoisotopic (exact) mass is 196 g/mol. The third-order valence-corrected chi connectivity index (χ3v) is 2.31. The number of hydrogen-bond donors (Lipinski definition) is 2. The van der Waals surface area contributed by atoms with Crippen LogP contribution in [0.1, 0.15) is 5.69 Å². The van der Waals surface area contributed by atoms with Gasteiger partial charge in [-0.25, -0.2) is 4.99 Å². The van der Waals surface area contributed by atoms with Gasteiger partial charge in [0.2, 0.25) is 0 Å². The molecule has 1 aliphatic heterocycles. The highest BCUT2D eigenvalue weighted by atomic mass is 32.2. The van der Waals surface area contributed by atoms with Crippen molar-refractivity contribution in [3.8, 4) is 0 Å². The Morgan fingerprint density at radius 2 is 2.54 bits per heavy atom. The smallest absolute Gasteiger partial charge is 0.284 e. The Morgan fingerprint density at radius 3 is 3.08 bits per heavy atom. The Labute approximate surface area is 79.0 Å². The SMILES string of the molecule is Cc1cc(N=C2CSC(=O)N2)n[nH]1. The van der Waals surface area contributed by atoms with Crippen molar-refractivity contribution in [1.82, 2.24) is 15.5 Å². The maximum Gasteiger partial charge on any atom is 0.284 e. The number of amidine groups is 1. The van der Waals surface area contributed by atoms with Gasteiger partial charge in [0, 0.05) is 11.8 Å². The molecule has 13 heavy (non-hydrogen) atoms. The molecular weight excluding hydrogens is 188 g/mol. The van der Waals surface area contributed by atoms with Gasteiger partial charge in [0.25, 0.3) is 5.24 Å². The standard InChI is InChI=1S/C7H8N4OS/c1-4-2-5(11-10-4)8-6-3-13-7(12)9-6/h2H,3H2,1H3,(H2,8,9,10,11,12). The van der Waals surface area contributed by atoms with E-state index in [1.165, 1.54) is 11.8 Å². The van der Waals surface area contributed by atoms with Gasteiger partial charge in [0.1, 0.15) is 5.84 Å². The van der Waals surface area contributed by atoms with Crippen LogP contribution in [0, 0.1) is 6.92 Å². The number of thioether (sulfide) groups is 1. The third kappa shape index (κ3) is 1.89. The van der Waals surface area contributed by atoms with Crippen LogP contribution in [0.5, 0.6) is 0 Å². The molecule has 2 heterocycles. The first-order valence-corrected chi connectivity index (χ1v) is 4.76. The van der Waals surface area contributed by atoms with Crippen molar-refractivity contribution in [1.29, 1.82) is 0 Å². The van der Waals surface area contributed by atoms with E-state index in [0.717, 1.165) is 5.69 Å². The number of carbonyl (C=O) groups is 1. The van der Waals surface area contributed by atoms with E-state index in [-0.39, 0.29) is 5.24 Å². The number of aryl methyl sites for hydroxylation is 1. The van der Waals surface area contributed by atoms with Crippen LogP contribution in [0.4, 0.5) is 10.6 Å². The molecule has 68 valence electrons. The predicted octanol–water partition coefficient (Wildman–Crippen LogP) is 1.20. The maximum atomic E-state index is 10.8. The summed E-state index contributed by atoms with van der Waals surface area (Å²) in [7, 11) is 0. The molecule has 0 bridgehead atoms. The summed E-state index contributed by atoms with van der Waals surface area (Å²) in [6.45, 7) is 1.90. The Morgan fingerprint density at radius 1 is 1.69 bits per heavy atom. The average molecular weight is 196 g/mol. The van der Waals surface area contributed by atoms with E-state index in [2.05, 4.69) is 20.5 Å². The molecule has 0 saturated carbocycles. The van der Waals surface area contributed by atoms with Gasteiger partial charge in [-0.3, -0.25) is 9.89 Å². The van der Waals surface area contributed by atoms with Gasteiger partial charge in [-0.2, -0.15) is 5.10 Å². The number of aromatic nitrogens is 2. The second-order valence-electron chi connectivity index (χ2n) is 2.67. The maximum absolute atomic E-state index is 10.8. The van der Waals surface area contributed by atoms with Crippen molar-refractivity contribution in [2.24, 2.45) is 4.99 Å². The molecule has 0 unspecified atom stereocenters. The molecule has 0 aromatic carbocycles. The Balaban J connectivity index is 2.16. The van der Waals surface area contributed by atoms with Crippen LogP contribution in [0.2, 0.25) is 0 Å². The number of aromatic amines is 1. The minimum Gasteiger partial charge on any atom is -0.304 e. The molecule has 0 aliphatic carbocycles. The molecule has 5 nitrogen and oxygen atoms in total. The van der Waals surface area contributed by atoms with Crippen molar-refractivity contribution >= 4 is 28.7 Å². The summed E-state index contributed by atoms with van der Waals surface area (Å²) < 4.78 is 0. The minimum absolute atomic E-state index is 0.0500. The van der Waals surface area contributed by atoms with Crippen molar-refractivity contribution in [3.05, 3.63) is 11.8 Å². The second-order valence-corrected chi connectivity index (χ2v) is 3.62. The highest BCUT2D eigenvalue weighted by molar-refractivity contribution is 8.14. The second kappa shape index (κ2) is 3.21. The number of nitrogens with zero attached hydrogens (tertiary/aromatic N) is 2. The molecule has 2 N–H and O–H groups in total. The predicted molar refractivity (Wildman–Crippen MR) is 51.4 cm³/mol. The fourth-order valence-corrected chi connectivity index (χ4v) is 1.58. The average Bonchev–Trinajstić information content (AvgIpc) is 2.62. The zero-order valence-electron chi connectivity index (χ0n) is 7.00. The van der Waals surface area contributed by atoms with E-state index in [4.69, 9.17) is 0 Å². The largest absolute Gasteiger partial charge is 0.304 e. The molecule has 6 heteroatoms. The number of rotatable bonds is 1. The van der Waals surface area contributed by atoms with Gasteiger partial charge in [0.15, 0.2) is 5.82 Å². The lowest BCUT2D eigenvalue weighted by Crippen LogP contribution is -2.19. The summed E-state index contributed by atoms with van der Waals surface area (Å²) in [6.07, 6.45) is 0. The van der Waals surface area contributed by atoms with Gasteiger partial charge in [-0.05, 0) is 6.92 Å². The molecule has 2 rings (SSSR count). The summed E-state index contributed by atoms with van der Waals surface area (Å²) in [5.74, 6) is 1.88. The van der Waals surface area contributed by atoms with Crippen LogP contribution >= 0.6 is 11.8 Å². The number of hydrogen-bond acceptors (Lipinski definition) is 4. The van der Waals surface area contributed by atoms with Gasteiger partial charge < -0.3 is 5.32 Å². The number of amides is 1. The van der Waals surface area contributed by atoms with E-state index >= 15 is 0 Å². The van der Waals surface area contributed by atoms with E-state index in [0.29, 0.717) is 17.4 Å². The Bertz CT molecular complexity index is 370. The highest BCUT2D eigenvalue weighted by Crippen LogP contribution is 2.14. The lowest BCUT2D eigenvalue weighted by molar-refractivity contribution is 0.265.